The van der Waals surface area contributed by atoms with E-state index in [1.807, 2.05) is 0 Å². The summed E-state index contributed by atoms with van der Waals surface area (Å²) in [5.74, 6) is 0.825. The molecule has 0 unspecified atom stereocenters. The zero-order chi connectivity index (χ0) is 19.9. The van der Waals surface area contributed by atoms with Gasteiger partial charge in [0.2, 0.25) is 0 Å². The Balaban J connectivity index is 1.85. The van der Waals surface area contributed by atoms with Crippen LogP contribution in [-0.2, 0) is 12.6 Å². The summed E-state index contributed by atoms with van der Waals surface area (Å²) in [7, 11) is 0. The molecule has 2 aromatic carbocycles. The summed E-state index contributed by atoms with van der Waals surface area (Å²) < 4.78 is 40.4. The van der Waals surface area contributed by atoms with Crippen LogP contribution in [0.4, 0.5) is 19.0 Å². The maximum absolute atomic E-state index is 12.9. The van der Waals surface area contributed by atoms with E-state index in [0.717, 1.165) is 49.3 Å². The van der Waals surface area contributed by atoms with Gasteiger partial charge in [0.05, 0.1) is 16.9 Å². The lowest BCUT2D eigenvalue weighted by Gasteiger charge is -2.10. The molecule has 0 bridgehead atoms. The second-order valence-corrected chi connectivity index (χ2v) is 7.55. The number of anilines is 1. The summed E-state index contributed by atoms with van der Waals surface area (Å²) in [6.45, 7) is 0.791. The first-order chi connectivity index (χ1) is 13.3. The number of benzene rings is 2. The van der Waals surface area contributed by atoms with Crippen LogP contribution in [0.25, 0.3) is 16.9 Å². The van der Waals surface area contributed by atoms with Crippen molar-refractivity contribution >= 4 is 29.0 Å². The number of fused-ring (bicyclic) bond motifs is 1. The molecule has 0 aliphatic carbocycles. The summed E-state index contributed by atoms with van der Waals surface area (Å²) in [5, 5.41) is 9.06. The molecule has 0 amide bonds. The van der Waals surface area contributed by atoms with Crippen LogP contribution >= 0.6 is 23.2 Å². The van der Waals surface area contributed by atoms with Gasteiger partial charge in [0.25, 0.3) is 0 Å². The Kier molecular flexibility index (Phi) is 5.02. The van der Waals surface area contributed by atoms with Crippen molar-refractivity contribution in [3.63, 3.8) is 0 Å². The lowest BCUT2D eigenvalue weighted by atomic mass is 10.0. The van der Waals surface area contributed by atoms with Crippen molar-refractivity contribution in [3.05, 3.63) is 63.6 Å². The molecule has 0 saturated heterocycles. The van der Waals surface area contributed by atoms with Gasteiger partial charge in [0, 0.05) is 27.7 Å². The van der Waals surface area contributed by atoms with Crippen molar-refractivity contribution in [2.75, 3.05) is 11.9 Å². The molecular formula is C20H16Cl2F3N3. The number of hydrogen-bond acceptors (Lipinski definition) is 2. The third-order valence-electron chi connectivity index (χ3n) is 4.71. The molecule has 0 atom stereocenters. The Morgan fingerprint density at radius 1 is 0.964 bits per heavy atom. The van der Waals surface area contributed by atoms with Crippen molar-refractivity contribution in [3.8, 4) is 16.9 Å². The molecule has 1 N–H and O–H groups in total. The summed E-state index contributed by atoms with van der Waals surface area (Å²) in [4.78, 5) is 0. The van der Waals surface area contributed by atoms with Crippen molar-refractivity contribution in [2.24, 2.45) is 0 Å². The molecule has 4 rings (SSSR count). The van der Waals surface area contributed by atoms with Crippen molar-refractivity contribution in [1.29, 1.82) is 0 Å². The first-order valence-electron chi connectivity index (χ1n) is 8.83. The molecule has 2 heterocycles. The van der Waals surface area contributed by atoms with E-state index in [2.05, 4.69) is 5.32 Å². The SMILES string of the molecule is FC(F)(F)c1ccc(-c2nn(-c3cc(Cl)cc(Cl)c3)c3c2CCCCN3)cc1. The van der Waals surface area contributed by atoms with E-state index in [9.17, 15) is 13.2 Å². The van der Waals surface area contributed by atoms with Gasteiger partial charge in [-0.3, -0.25) is 0 Å². The Morgan fingerprint density at radius 2 is 1.64 bits per heavy atom. The highest BCUT2D eigenvalue weighted by Crippen LogP contribution is 2.36. The van der Waals surface area contributed by atoms with E-state index in [0.29, 0.717) is 27.0 Å². The van der Waals surface area contributed by atoms with Crippen LogP contribution in [0.2, 0.25) is 10.0 Å². The summed E-state index contributed by atoms with van der Waals surface area (Å²) >= 11 is 12.3. The third kappa shape index (κ3) is 3.71. The quantitative estimate of drug-likeness (QED) is 0.500. The molecule has 3 nitrogen and oxygen atoms in total. The van der Waals surface area contributed by atoms with Crippen LogP contribution in [0.3, 0.4) is 0 Å². The van der Waals surface area contributed by atoms with Crippen LogP contribution < -0.4 is 5.32 Å². The molecule has 28 heavy (non-hydrogen) atoms. The molecule has 0 spiro atoms. The van der Waals surface area contributed by atoms with Gasteiger partial charge in [-0.1, -0.05) is 35.3 Å². The molecule has 1 aliphatic heterocycles. The summed E-state index contributed by atoms with van der Waals surface area (Å²) in [6.07, 6.45) is -1.62. The fourth-order valence-corrected chi connectivity index (χ4v) is 3.91. The van der Waals surface area contributed by atoms with Gasteiger partial charge in [-0.05, 0) is 49.6 Å². The topological polar surface area (TPSA) is 29.9 Å². The second kappa shape index (κ2) is 7.33. The molecule has 0 radical (unpaired) electrons. The number of nitrogens with zero attached hydrogens (tertiary/aromatic N) is 2. The highest BCUT2D eigenvalue weighted by molar-refractivity contribution is 6.34. The first kappa shape index (κ1) is 19.2. The highest BCUT2D eigenvalue weighted by atomic mass is 35.5. The maximum atomic E-state index is 12.9. The average molecular weight is 426 g/mol. The molecule has 3 aromatic rings. The van der Waals surface area contributed by atoms with Crippen LogP contribution in [0.15, 0.2) is 42.5 Å². The standard InChI is InChI=1S/C20H16Cl2F3N3/c21-14-9-15(22)11-16(10-14)28-19-17(3-1-2-8-26-19)18(27-28)12-4-6-13(7-5-12)20(23,24)25/h4-7,9-11,26H,1-3,8H2. The minimum Gasteiger partial charge on any atom is -0.370 e. The van der Waals surface area contributed by atoms with Gasteiger partial charge in [-0.25, -0.2) is 4.68 Å². The summed E-state index contributed by atoms with van der Waals surface area (Å²) in [5.41, 5.74) is 2.30. The monoisotopic (exact) mass is 425 g/mol. The number of halogens is 5. The van der Waals surface area contributed by atoms with Crippen molar-refractivity contribution in [1.82, 2.24) is 9.78 Å². The van der Waals surface area contributed by atoms with Gasteiger partial charge in [-0.15, -0.1) is 0 Å². The van der Waals surface area contributed by atoms with Gasteiger partial charge in [0.1, 0.15) is 5.82 Å². The molecular weight excluding hydrogens is 410 g/mol. The van der Waals surface area contributed by atoms with Crippen molar-refractivity contribution < 1.29 is 13.2 Å². The van der Waals surface area contributed by atoms with Crippen LogP contribution in [-0.4, -0.2) is 16.3 Å². The minimum atomic E-state index is -4.37. The largest absolute Gasteiger partial charge is 0.416 e. The normalized spacial score (nSPS) is 14.3. The second-order valence-electron chi connectivity index (χ2n) is 6.67. The highest BCUT2D eigenvalue weighted by Gasteiger charge is 2.30. The first-order valence-corrected chi connectivity index (χ1v) is 9.58. The van der Waals surface area contributed by atoms with Gasteiger partial charge in [0.15, 0.2) is 0 Å². The molecule has 1 aliphatic rings. The third-order valence-corrected chi connectivity index (χ3v) is 5.14. The maximum Gasteiger partial charge on any atom is 0.416 e. The zero-order valence-corrected chi connectivity index (χ0v) is 16.2. The van der Waals surface area contributed by atoms with Crippen LogP contribution in [0, 0.1) is 0 Å². The molecule has 8 heteroatoms. The lowest BCUT2D eigenvalue weighted by Crippen LogP contribution is -2.07. The van der Waals surface area contributed by atoms with E-state index < -0.39 is 11.7 Å². The Hall–Kier alpha value is -2.18. The number of rotatable bonds is 2. The van der Waals surface area contributed by atoms with Gasteiger partial charge in [-0.2, -0.15) is 18.3 Å². The number of alkyl halides is 3. The molecule has 0 saturated carbocycles. The van der Waals surface area contributed by atoms with Crippen molar-refractivity contribution in [2.45, 2.75) is 25.4 Å². The zero-order valence-electron chi connectivity index (χ0n) is 14.7. The fraction of sp³-hybridized carbons (Fsp3) is 0.250. The average Bonchev–Trinajstić information content (AvgIpc) is 2.81. The Bertz CT molecular complexity index is 991. The van der Waals surface area contributed by atoms with E-state index in [1.165, 1.54) is 12.1 Å². The minimum absolute atomic E-state index is 0.483. The Labute approximate surface area is 170 Å². The van der Waals surface area contributed by atoms with E-state index in [4.69, 9.17) is 28.3 Å². The van der Waals surface area contributed by atoms with Gasteiger partial charge < -0.3 is 5.32 Å². The van der Waals surface area contributed by atoms with E-state index >= 15 is 0 Å². The van der Waals surface area contributed by atoms with E-state index in [-0.39, 0.29) is 0 Å². The summed E-state index contributed by atoms with van der Waals surface area (Å²) in [6, 6.07) is 10.2. The molecule has 0 fully saturated rings. The molecule has 146 valence electrons. The fourth-order valence-electron chi connectivity index (χ4n) is 3.40. The van der Waals surface area contributed by atoms with Gasteiger partial charge >= 0.3 is 6.18 Å². The Morgan fingerprint density at radius 3 is 2.29 bits per heavy atom. The predicted molar refractivity (Wildman–Crippen MR) is 105 cm³/mol. The van der Waals surface area contributed by atoms with Crippen LogP contribution in [0.5, 0.6) is 0 Å². The predicted octanol–water partition coefficient (Wildman–Crippen LogP) is 6.61. The lowest BCUT2D eigenvalue weighted by molar-refractivity contribution is -0.137. The van der Waals surface area contributed by atoms with E-state index in [1.54, 1.807) is 22.9 Å². The van der Waals surface area contributed by atoms with Crippen LogP contribution in [0.1, 0.15) is 24.0 Å². The number of nitrogens with one attached hydrogen (secondary N) is 1. The molecule has 1 aromatic heterocycles. The number of aromatic nitrogens is 2. The smallest absolute Gasteiger partial charge is 0.370 e. The number of hydrogen-bond donors (Lipinski definition) is 1.